The summed E-state index contributed by atoms with van der Waals surface area (Å²) in [6.07, 6.45) is 5.42. The van der Waals surface area contributed by atoms with Crippen molar-refractivity contribution in [3.63, 3.8) is 0 Å². The maximum Gasteiger partial charge on any atom is 0.179 e. The number of likely N-dealkylation sites (tertiary alicyclic amines) is 1. The summed E-state index contributed by atoms with van der Waals surface area (Å²) in [5.41, 5.74) is 10.7. The number of carbonyl (C=O) groups is 1. The van der Waals surface area contributed by atoms with Gasteiger partial charge in [0.15, 0.2) is 6.19 Å². The topological polar surface area (TPSA) is 101 Å². The third kappa shape index (κ3) is 2.39. The van der Waals surface area contributed by atoms with Crippen LogP contribution in [-0.4, -0.2) is 38.8 Å². The predicted octanol–water partition coefficient (Wildman–Crippen LogP) is 2.30. The number of rotatable bonds is 3. The van der Waals surface area contributed by atoms with Crippen molar-refractivity contribution in [2.75, 3.05) is 18.8 Å². The highest BCUT2D eigenvalue weighted by molar-refractivity contribution is 6.02. The van der Waals surface area contributed by atoms with Crippen LogP contribution in [0.2, 0.25) is 0 Å². The fourth-order valence-corrected chi connectivity index (χ4v) is 3.87. The van der Waals surface area contributed by atoms with E-state index in [0.29, 0.717) is 17.9 Å². The molecule has 1 aliphatic heterocycles. The summed E-state index contributed by atoms with van der Waals surface area (Å²) in [6.45, 7) is 1.42. The van der Waals surface area contributed by atoms with E-state index in [-0.39, 0.29) is 5.92 Å². The van der Waals surface area contributed by atoms with Gasteiger partial charge in [0, 0.05) is 42.9 Å². The van der Waals surface area contributed by atoms with Crippen molar-refractivity contribution in [2.24, 2.45) is 7.05 Å². The monoisotopic (exact) mass is 346 g/mol. The minimum Gasteiger partial charge on any atom is -0.383 e. The van der Waals surface area contributed by atoms with Gasteiger partial charge in [0.2, 0.25) is 0 Å². The normalized spacial score (nSPS) is 16.8. The second-order valence-corrected chi connectivity index (χ2v) is 6.55. The Morgan fingerprint density at radius 3 is 2.73 bits per heavy atom. The largest absolute Gasteiger partial charge is 0.383 e. The van der Waals surface area contributed by atoms with Crippen molar-refractivity contribution < 1.29 is 4.79 Å². The Labute approximate surface area is 150 Å². The van der Waals surface area contributed by atoms with Gasteiger partial charge in [-0.25, -0.2) is 9.97 Å². The molecular weight excluding hydrogens is 328 g/mol. The zero-order valence-corrected chi connectivity index (χ0v) is 14.4. The number of nitrogens with zero attached hydrogens (tertiary/aromatic N) is 5. The van der Waals surface area contributed by atoms with Crippen LogP contribution >= 0.6 is 0 Å². The highest BCUT2D eigenvalue weighted by Gasteiger charge is 2.31. The summed E-state index contributed by atoms with van der Waals surface area (Å²) in [4.78, 5) is 21.4. The number of nitrogens with two attached hydrogens (primary N) is 1. The lowest BCUT2D eigenvalue weighted by Crippen LogP contribution is -2.14. The van der Waals surface area contributed by atoms with Gasteiger partial charge in [-0.3, -0.25) is 4.79 Å². The summed E-state index contributed by atoms with van der Waals surface area (Å²) in [6, 6.07) is 7.43. The summed E-state index contributed by atoms with van der Waals surface area (Å²) in [5.74, 6) is 0.635. The van der Waals surface area contributed by atoms with E-state index in [4.69, 9.17) is 5.73 Å². The number of aromatic nitrogens is 3. The quantitative estimate of drug-likeness (QED) is 0.577. The van der Waals surface area contributed by atoms with E-state index in [9.17, 15) is 10.1 Å². The molecule has 0 spiro atoms. The van der Waals surface area contributed by atoms with Gasteiger partial charge in [-0.05, 0) is 12.0 Å². The van der Waals surface area contributed by atoms with Crippen LogP contribution in [-0.2, 0) is 7.05 Å². The molecular formula is C19H18N6O. The molecule has 0 amide bonds. The van der Waals surface area contributed by atoms with E-state index >= 15 is 0 Å². The van der Waals surface area contributed by atoms with Crippen LogP contribution in [0.4, 0.5) is 5.82 Å². The zero-order valence-electron chi connectivity index (χ0n) is 14.4. The van der Waals surface area contributed by atoms with Crippen molar-refractivity contribution in [3.8, 4) is 17.3 Å². The van der Waals surface area contributed by atoms with E-state index < -0.39 is 0 Å². The maximum atomic E-state index is 11.0. The van der Waals surface area contributed by atoms with Crippen LogP contribution < -0.4 is 5.73 Å². The average molecular weight is 346 g/mol. The van der Waals surface area contributed by atoms with Gasteiger partial charge in [0.25, 0.3) is 0 Å². The molecule has 0 aliphatic carbocycles. The highest BCUT2D eigenvalue weighted by atomic mass is 16.1. The Bertz CT molecular complexity index is 1030. The molecule has 0 saturated carbocycles. The second-order valence-electron chi connectivity index (χ2n) is 6.55. The Morgan fingerprint density at radius 1 is 1.31 bits per heavy atom. The Balaban J connectivity index is 1.98. The lowest BCUT2D eigenvalue weighted by molar-refractivity contribution is 0.112. The number of hydrogen-bond acceptors (Lipinski definition) is 6. The summed E-state index contributed by atoms with van der Waals surface area (Å²) < 4.78 is 2.06. The van der Waals surface area contributed by atoms with Crippen LogP contribution in [0.25, 0.3) is 22.2 Å². The van der Waals surface area contributed by atoms with Gasteiger partial charge in [0.1, 0.15) is 24.1 Å². The smallest absolute Gasteiger partial charge is 0.179 e. The van der Waals surface area contributed by atoms with E-state index in [0.717, 1.165) is 47.1 Å². The van der Waals surface area contributed by atoms with Crippen LogP contribution in [0, 0.1) is 11.5 Å². The minimum atomic E-state index is 0.203. The summed E-state index contributed by atoms with van der Waals surface area (Å²) in [7, 11) is 1.97. The molecule has 1 aliphatic rings. The molecule has 3 aromatic rings. The predicted molar refractivity (Wildman–Crippen MR) is 98.3 cm³/mol. The number of anilines is 1. The molecule has 2 N–H and O–H groups in total. The molecule has 1 fully saturated rings. The molecule has 3 heterocycles. The fourth-order valence-electron chi connectivity index (χ4n) is 3.87. The van der Waals surface area contributed by atoms with Gasteiger partial charge < -0.3 is 15.2 Å². The number of benzene rings is 1. The van der Waals surface area contributed by atoms with Gasteiger partial charge in [-0.1, -0.05) is 24.3 Å². The van der Waals surface area contributed by atoms with Crippen LogP contribution in [0.5, 0.6) is 0 Å². The molecule has 26 heavy (non-hydrogen) atoms. The molecule has 0 bridgehead atoms. The number of aldehydes is 1. The van der Waals surface area contributed by atoms with Crippen LogP contribution in [0.15, 0.2) is 30.6 Å². The van der Waals surface area contributed by atoms with Crippen molar-refractivity contribution in [2.45, 2.75) is 12.3 Å². The number of hydrogen-bond donors (Lipinski definition) is 1. The van der Waals surface area contributed by atoms with Crippen molar-refractivity contribution in [3.05, 3.63) is 41.9 Å². The second kappa shape index (κ2) is 6.15. The molecule has 7 nitrogen and oxygen atoms in total. The lowest BCUT2D eigenvalue weighted by atomic mass is 9.94. The maximum absolute atomic E-state index is 11.0. The first-order valence-corrected chi connectivity index (χ1v) is 8.43. The molecule has 2 aromatic heterocycles. The molecule has 130 valence electrons. The van der Waals surface area contributed by atoms with Crippen LogP contribution in [0.1, 0.15) is 28.4 Å². The van der Waals surface area contributed by atoms with E-state index in [1.807, 2.05) is 19.2 Å². The number of aryl methyl sites for hydroxylation is 1. The Kier molecular flexibility index (Phi) is 3.81. The molecule has 4 rings (SSSR count). The SMILES string of the molecule is Cn1c(C2CCN(C#N)C2)c(-c2ccc(C=O)cc2)c2c(N)ncnc21. The van der Waals surface area contributed by atoms with E-state index in [1.54, 1.807) is 17.0 Å². The first-order chi connectivity index (χ1) is 12.6. The van der Waals surface area contributed by atoms with Crippen molar-refractivity contribution in [1.82, 2.24) is 19.4 Å². The minimum absolute atomic E-state index is 0.203. The van der Waals surface area contributed by atoms with Crippen LogP contribution in [0.3, 0.4) is 0 Å². The van der Waals surface area contributed by atoms with Crippen molar-refractivity contribution >= 4 is 23.1 Å². The molecule has 1 saturated heterocycles. The standard InChI is InChI=1S/C19H18N6O/c1-24-17(14-6-7-25(8-14)10-20)15(13-4-2-12(9-26)3-5-13)16-18(21)22-11-23-19(16)24/h2-5,9,11,14H,6-8H2,1H3,(H2,21,22,23). The summed E-state index contributed by atoms with van der Waals surface area (Å²) in [5, 5.41) is 10.0. The number of nitriles is 1. The Hall–Kier alpha value is -3.40. The van der Waals surface area contributed by atoms with E-state index in [2.05, 4.69) is 20.7 Å². The molecule has 7 heteroatoms. The number of nitrogen functional groups attached to an aromatic ring is 1. The van der Waals surface area contributed by atoms with Gasteiger partial charge in [-0.15, -0.1) is 0 Å². The molecule has 1 unspecified atom stereocenters. The fraction of sp³-hybridized carbons (Fsp3) is 0.263. The first kappa shape index (κ1) is 16.1. The highest BCUT2D eigenvalue weighted by Crippen LogP contribution is 2.42. The van der Waals surface area contributed by atoms with Gasteiger partial charge in [-0.2, -0.15) is 5.26 Å². The first-order valence-electron chi connectivity index (χ1n) is 8.43. The van der Waals surface area contributed by atoms with Gasteiger partial charge >= 0.3 is 0 Å². The third-order valence-corrected chi connectivity index (χ3v) is 5.09. The number of carbonyl (C=O) groups excluding carboxylic acids is 1. The molecule has 1 atom stereocenters. The lowest BCUT2D eigenvalue weighted by Gasteiger charge is -2.15. The zero-order chi connectivity index (χ0) is 18.3. The third-order valence-electron chi connectivity index (χ3n) is 5.09. The average Bonchev–Trinajstić information content (AvgIpc) is 3.25. The molecule has 1 aromatic carbocycles. The van der Waals surface area contributed by atoms with Gasteiger partial charge in [0.05, 0.1) is 5.39 Å². The molecule has 0 radical (unpaired) electrons. The van der Waals surface area contributed by atoms with E-state index in [1.165, 1.54) is 6.33 Å². The Morgan fingerprint density at radius 2 is 2.08 bits per heavy atom. The summed E-state index contributed by atoms with van der Waals surface area (Å²) >= 11 is 0. The van der Waals surface area contributed by atoms with Crippen molar-refractivity contribution in [1.29, 1.82) is 5.26 Å². The number of fused-ring (bicyclic) bond motifs is 1.